The fourth-order valence-corrected chi connectivity index (χ4v) is 4.31. The molecule has 2 aliphatic rings. The third kappa shape index (κ3) is 2.70. The number of allylic oxidation sites excluding steroid dienone is 2. The number of likely N-dealkylation sites (N-methyl/N-ethyl adjacent to an activating group) is 1. The fourth-order valence-electron chi connectivity index (χ4n) is 4.31. The van der Waals surface area contributed by atoms with Crippen molar-refractivity contribution < 1.29 is 4.48 Å². The van der Waals surface area contributed by atoms with E-state index in [0.717, 1.165) is 4.48 Å². The molecule has 1 heterocycles. The highest BCUT2D eigenvalue weighted by Gasteiger charge is 2.46. The van der Waals surface area contributed by atoms with Crippen LogP contribution in [0.25, 0.3) is 0 Å². The van der Waals surface area contributed by atoms with Crippen molar-refractivity contribution in [2.24, 2.45) is 10.8 Å². The summed E-state index contributed by atoms with van der Waals surface area (Å²) in [6.07, 6.45) is 7.67. The van der Waals surface area contributed by atoms with Crippen LogP contribution in [0.5, 0.6) is 0 Å². The summed E-state index contributed by atoms with van der Waals surface area (Å²) in [6.45, 7) is 11.9. The number of hydrogen-bond donors (Lipinski definition) is 0. The molecule has 3 rings (SSSR count). The molecule has 0 spiro atoms. The first kappa shape index (κ1) is 16.5. The van der Waals surface area contributed by atoms with Crippen LogP contribution in [0.2, 0.25) is 0 Å². The highest BCUT2D eigenvalue weighted by molar-refractivity contribution is 5.46. The van der Waals surface area contributed by atoms with Gasteiger partial charge in [-0.15, -0.1) is 0 Å². The van der Waals surface area contributed by atoms with E-state index in [0.29, 0.717) is 6.04 Å². The monoisotopic (exact) mass is 310 g/mol. The number of aryl methyl sites for hydroxylation is 1. The molecule has 1 atom stereocenters. The van der Waals surface area contributed by atoms with Gasteiger partial charge in [0.05, 0.1) is 14.1 Å². The first-order valence-electron chi connectivity index (χ1n) is 8.89. The van der Waals surface area contributed by atoms with Gasteiger partial charge in [-0.3, -0.25) is 4.48 Å². The van der Waals surface area contributed by atoms with Crippen LogP contribution in [-0.4, -0.2) is 18.6 Å². The predicted octanol–water partition coefficient (Wildman–Crippen LogP) is 5.78. The van der Waals surface area contributed by atoms with E-state index in [1.807, 2.05) is 0 Å². The van der Waals surface area contributed by atoms with Crippen LogP contribution in [-0.2, 0) is 0 Å². The summed E-state index contributed by atoms with van der Waals surface area (Å²) in [4.78, 5) is 0. The van der Waals surface area contributed by atoms with Gasteiger partial charge in [0.1, 0.15) is 12.2 Å². The van der Waals surface area contributed by atoms with Gasteiger partial charge >= 0.3 is 0 Å². The van der Waals surface area contributed by atoms with Gasteiger partial charge < -0.3 is 0 Å². The number of benzene rings is 1. The molecule has 0 amide bonds. The van der Waals surface area contributed by atoms with Gasteiger partial charge in [0.25, 0.3) is 0 Å². The number of fused-ring (bicyclic) bond motifs is 1. The zero-order chi connectivity index (χ0) is 17.0. The second-order valence-electron chi connectivity index (χ2n) is 9.32. The molecule has 1 aromatic rings. The molecule has 124 valence electrons. The van der Waals surface area contributed by atoms with Crippen molar-refractivity contribution >= 4 is 0 Å². The van der Waals surface area contributed by atoms with Crippen molar-refractivity contribution in [3.05, 3.63) is 58.8 Å². The van der Waals surface area contributed by atoms with Gasteiger partial charge in [-0.05, 0) is 47.8 Å². The van der Waals surface area contributed by atoms with Crippen LogP contribution < -0.4 is 0 Å². The fraction of sp³-hybridized carbons (Fsp3) is 0.545. The lowest BCUT2D eigenvalue weighted by molar-refractivity contribution is -0.866. The number of quaternary nitrogens is 1. The molecule has 0 bridgehead atoms. The molecular formula is C22H32N+. The Morgan fingerprint density at radius 3 is 2.09 bits per heavy atom. The third-order valence-electron chi connectivity index (χ3n) is 6.13. The molecule has 1 unspecified atom stereocenters. The Balaban J connectivity index is 2.17. The zero-order valence-electron chi connectivity index (χ0n) is 15.9. The Morgan fingerprint density at radius 1 is 0.913 bits per heavy atom. The maximum atomic E-state index is 2.58. The highest BCUT2D eigenvalue weighted by Crippen LogP contribution is 2.55. The van der Waals surface area contributed by atoms with Crippen LogP contribution in [0.15, 0.2) is 47.7 Å². The lowest BCUT2D eigenvalue weighted by Crippen LogP contribution is -2.44. The lowest BCUT2D eigenvalue weighted by atomic mass is 9.59. The standard InChI is InChI=1S/C22H32N/c1-16-10-8-9-11-17(16)20-14-18-19(15-23(20,6)7)22(4,5)13-12-21(18,2)3/h8-11,14-15,20H,12-13H2,1-7H3/q+1. The third-order valence-corrected chi connectivity index (χ3v) is 6.13. The Morgan fingerprint density at radius 2 is 1.48 bits per heavy atom. The molecule has 23 heavy (non-hydrogen) atoms. The van der Waals surface area contributed by atoms with Crippen LogP contribution in [0.4, 0.5) is 0 Å². The molecular weight excluding hydrogens is 278 g/mol. The van der Waals surface area contributed by atoms with E-state index < -0.39 is 0 Å². The highest BCUT2D eigenvalue weighted by atomic mass is 15.3. The summed E-state index contributed by atoms with van der Waals surface area (Å²) in [6, 6.07) is 9.27. The summed E-state index contributed by atoms with van der Waals surface area (Å²) in [5, 5.41) is 0. The SMILES string of the molecule is Cc1ccccc1C1C=C2C(=C[N+]1(C)C)C(C)(C)CCC2(C)C. The van der Waals surface area contributed by atoms with Gasteiger partial charge in [-0.25, -0.2) is 0 Å². The topological polar surface area (TPSA) is 0 Å². The molecule has 1 fully saturated rings. The molecule has 1 aromatic carbocycles. The second-order valence-corrected chi connectivity index (χ2v) is 9.32. The van der Waals surface area contributed by atoms with Gasteiger partial charge in [0.15, 0.2) is 0 Å². The second kappa shape index (κ2) is 5.08. The van der Waals surface area contributed by atoms with Crippen molar-refractivity contribution in [3.8, 4) is 0 Å². The first-order valence-corrected chi connectivity index (χ1v) is 8.89. The molecule has 1 nitrogen and oxygen atoms in total. The Bertz CT molecular complexity index is 686. The first-order chi connectivity index (χ1) is 10.5. The molecule has 0 saturated heterocycles. The van der Waals surface area contributed by atoms with Crippen molar-refractivity contribution in [1.82, 2.24) is 0 Å². The maximum Gasteiger partial charge on any atom is 0.138 e. The summed E-state index contributed by atoms with van der Waals surface area (Å²) in [5.74, 6) is 0. The maximum absolute atomic E-state index is 2.58. The minimum atomic E-state index is 0.280. The minimum Gasteiger partial charge on any atom is -0.292 e. The van der Waals surface area contributed by atoms with E-state index >= 15 is 0 Å². The molecule has 0 aromatic heterocycles. The van der Waals surface area contributed by atoms with E-state index in [9.17, 15) is 0 Å². The molecule has 1 aliphatic carbocycles. The van der Waals surface area contributed by atoms with E-state index in [2.05, 4.69) is 85.3 Å². The largest absolute Gasteiger partial charge is 0.292 e. The zero-order valence-corrected chi connectivity index (χ0v) is 15.9. The normalized spacial score (nSPS) is 27.7. The van der Waals surface area contributed by atoms with Crippen LogP contribution in [0.3, 0.4) is 0 Å². The predicted molar refractivity (Wildman–Crippen MR) is 99.0 cm³/mol. The number of hydrogen-bond acceptors (Lipinski definition) is 0. The van der Waals surface area contributed by atoms with Crippen LogP contribution in [0.1, 0.15) is 57.7 Å². The van der Waals surface area contributed by atoms with Crippen molar-refractivity contribution in [2.75, 3.05) is 14.1 Å². The summed E-state index contributed by atoms with van der Waals surface area (Å²) in [5.41, 5.74) is 6.57. The quantitative estimate of drug-likeness (QED) is 0.577. The van der Waals surface area contributed by atoms with Gasteiger partial charge in [-0.2, -0.15) is 0 Å². The minimum absolute atomic E-state index is 0.280. The summed E-state index contributed by atoms with van der Waals surface area (Å²) in [7, 11) is 4.68. The smallest absolute Gasteiger partial charge is 0.138 e. The van der Waals surface area contributed by atoms with E-state index in [-0.39, 0.29) is 10.8 Å². The van der Waals surface area contributed by atoms with Gasteiger partial charge in [-0.1, -0.05) is 52.0 Å². The van der Waals surface area contributed by atoms with Crippen LogP contribution in [0, 0.1) is 17.8 Å². The summed E-state index contributed by atoms with van der Waals surface area (Å²) >= 11 is 0. The lowest BCUT2D eigenvalue weighted by Gasteiger charge is -2.49. The van der Waals surface area contributed by atoms with E-state index in [1.54, 1.807) is 11.1 Å². The number of rotatable bonds is 1. The average Bonchev–Trinajstić information content (AvgIpc) is 2.44. The molecule has 1 saturated carbocycles. The van der Waals surface area contributed by atoms with Crippen molar-refractivity contribution in [1.29, 1.82) is 0 Å². The van der Waals surface area contributed by atoms with Crippen molar-refractivity contribution in [2.45, 2.75) is 53.5 Å². The molecule has 1 heteroatoms. The Hall–Kier alpha value is -1.34. The van der Waals surface area contributed by atoms with Gasteiger partial charge in [0.2, 0.25) is 0 Å². The summed E-state index contributed by atoms with van der Waals surface area (Å²) < 4.78 is 0.906. The Labute approximate surface area is 142 Å². The van der Waals surface area contributed by atoms with Gasteiger partial charge in [0, 0.05) is 11.1 Å². The van der Waals surface area contributed by atoms with Crippen molar-refractivity contribution in [3.63, 3.8) is 0 Å². The van der Waals surface area contributed by atoms with E-state index in [4.69, 9.17) is 0 Å². The number of nitrogens with zero attached hydrogens (tertiary/aromatic N) is 1. The Kier molecular flexibility index (Phi) is 3.65. The molecule has 0 radical (unpaired) electrons. The van der Waals surface area contributed by atoms with E-state index in [1.165, 1.54) is 24.0 Å². The van der Waals surface area contributed by atoms with Crippen LogP contribution >= 0.6 is 0 Å². The average molecular weight is 311 g/mol. The molecule has 0 N–H and O–H groups in total. The molecule has 1 aliphatic heterocycles.